The molecule has 6 heteroatoms. The van der Waals surface area contributed by atoms with Gasteiger partial charge in [-0.25, -0.2) is 4.79 Å². The molecule has 0 heterocycles. The first kappa shape index (κ1) is 24.6. The van der Waals surface area contributed by atoms with Gasteiger partial charge in [0, 0.05) is 13.5 Å². The Kier molecular flexibility index (Phi) is 16.1. The summed E-state index contributed by atoms with van der Waals surface area (Å²) in [6, 6.07) is 0. The van der Waals surface area contributed by atoms with Crippen LogP contribution in [0.1, 0.15) is 84.0 Å². The standard InChI is InChI=1S/C20H38N2O4/c1-4-5-6-7-8-9-10-11-12-13-14-15-18(23)22(3)17-20(25)26-19(24)16-21-2/h21H,4-17H2,1-3H3. The maximum absolute atomic E-state index is 12.0. The van der Waals surface area contributed by atoms with Crippen molar-refractivity contribution in [3.63, 3.8) is 0 Å². The van der Waals surface area contributed by atoms with E-state index in [-0.39, 0.29) is 19.0 Å². The molecule has 0 aromatic rings. The first-order valence-electron chi connectivity index (χ1n) is 10.1. The van der Waals surface area contributed by atoms with Crippen LogP contribution in [0.2, 0.25) is 0 Å². The molecule has 6 nitrogen and oxygen atoms in total. The van der Waals surface area contributed by atoms with Crippen molar-refractivity contribution in [1.29, 1.82) is 0 Å². The molecule has 0 aromatic heterocycles. The maximum Gasteiger partial charge on any atom is 0.333 e. The summed E-state index contributed by atoms with van der Waals surface area (Å²) in [5, 5.41) is 2.61. The van der Waals surface area contributed by atoms with Crippen LogP contribution >= 0.6 is 0 Å². The number of carbonyl (C=O) groups is 3. The highest BCUT2D eigenvalue weighted by Crippen LogP contribution is 2.12. The number of ether oxygens (including phenoxy) is 1. The number of rotatable bonds is 16. The molecular formula is C20H38N2O4. The van der Waals surface area contributed by atoms with Crippen molar-refractivity contribution in [2.75, 3.05) is 27.2 Å². The fourth-order valence-electron chi connectivity index (χ4n) is 2.75. The lowest BCUT2D eigenvalue weighted by atomic mass is 10.1. The summed E-state index contributed by atoms with van der Waals surface area (Å²) in [4.78, 5) is 36.0. The Morgan fingerprint density at radius 3 is 1.81 bits per heavy atom. The van der Waals surface area contributed by atoms with Crippen molar-refractivity contribution in [2.45, 2.75) is 84.0 Å². The van der Waals surface area contributed by atoms with Gasteiger partial charge in [0.15, 0.2) is 0 Å². The molecule has 0 fully saturated rings. The number of carbonyl (C=O) groups excluding carboxylic acids is 3. The molecule has 0 radical (unpaired) electrons. The molecule has 1 amide bonds. The Hall–Kier alpha value is -1.43. The zero-order valence-electron chi connectivity index (χ0n) is 17.0. The summed E-state index contributed by atoms with van der Waals surface area (Å²) in [5.41, 5.74) is 0. The number of nitrogens with zero attached hydrogens (tertiary/aromatic N) is 1. The van der Waals surface area contributed by atoms with E-state index in [2.05, 4.69) is 17.0 Å². The first-order chi connectivity index (χ1) is 12.5. The lowest BCUT2D eigenvalue weighted by Crippen LogP contribution is -2.35. The van der Waals surface area contributed by atoms with Crippen LogP contribution in [0.15, 0.2) is 0 Å². The highest BCUT2D eigenvalue weighted by molar-refractivity contribution is 5.89. The second kappa shape index (κ2) is 17.0. The van der Waals surface area contributed by atoms with E-state index in [0.29, 0.717) is 6.42 Å². The minimum atomic E-state index is -0.694. The second-order valence-electron chi connectivity index (χ2n) is 6.91. The zero-order chi connectivity index (χ0) is 19.6. The summed E-state index contributed by atoms with van der Waals surface area (Å²) < 4.78 is 4.59. The Morgan fingerprint density at radius 1 is 0.808 bits per heavy atom. The van der Waals surface area contributed by atoms with Crippen LogP contribution in [0.5, 0.6) is 0 Å². The van der Waals surface area contributed by atoms with Gasteiger partial charge in [-0.1, -0.05) is 71.1 Å². The topological polar surface area (TPSA) is 75.7 Å². The Bertz CT molecular complexity index is 399. The van der Waals surface area contributed by atoms with E-state index in [1.807, 2.05) is 0 Å². The molecule has 0 saturated heterocycles. The predicted octanol–water partition coefficient (Wildman–Crippen LogP) is 3.44. The number of esters is 2. The summed E-state index contributed by atoms with van der Waals surface area (Å²) in [5.74, 6) is -1.41. The Balaban J connectivity index is 3.57. The predicted molar refractivity (Wildman–Crippen MR) is 104 cm³/mol. The van der Waals surface area contributed by atoms with E-state index < -0.39 is 11.9 Å². The minimum absolute atomic E-state index is 0.0257. The van der Waals surface area contributed by atoms with E-state index in [1.54, 1.807) is 14.1 Å². The van der Waals surface area contributed by atoms with Gasteiger partial charge < -0.3 is 15.0 Å². The van der Waals surface area contributed by atoms with Gasteiger partial charge in [0.25, 0.3) is 0 Å². The largest absolute Gasteiger partial charge is 0.391 e. The van der Waals surface area contributed by atoms with Crippen molar-refractivity contribution >= 4 is 17.8 Å². The molecular weight excluding hydrogens is 332 g/mol. The maximum atomic E-state index is 12.0. The number of hydrogen-bond acceptors (Lipinski definition) is 5. The molecule has 0 saturated carbocycles. The minimum Gasteiger partial charge on any atom is -0.391 e. The second-order valence-corrected chi connectivity index (χ2v) is 6.91. The van der Waals surface area contributed by atoms with E-state index in [0.717, 1.165) is 19.3 Å². The van der Waals surface area contributed by atoms with Gasteiger partial charge in [-0.15, -0.1) is 0 Å². The normalized spacial score (nSPS) is 10.6. The fraction of sp³-hybridized carbons (Fsp3) is 0.850. The smallest absolute Gasteiger partial charge is 0.333 e. The fourth-order valence-corrected chi connectivity index (χ4v) is 2.75. The van der Waals surface area contributed by atoms with Crippen LogP contribution in [-0.4, -0.2) is 49.9 Å². The van der Waals surface area contributed by atoms with Crippen LogP contribution < -0.4 is 5.32 Å². The molecule has 0 unspecified atom stereocenters. The highest BCUT2D eigenvalue weighted by atomic mass is 16.6. The number of likely N-dealkylation sites (N-methyl/N-ethyl adjacent to an activating group) is 2. The average Bonchev–Trinajstić information content (AvgIpc) is 2.59. The van der Waals surface area contributed by atoms with Crippen molar-refractivity contribution in [3.8, 4) is 0 Å². The van der Waals surface area contributed by atoms with Crippen molar-refractivity contribution in [1.82, 2.24) is 10.2 Å². The number of hydrogen-bond donors (Lipinski definition) is 1. The third-order valence-electron chi connectivity index (χ3n) is 4.34. The molecule has 0 atom stereocenters. The highest BCUT2D eigenvalue weighted by Gasteiger charge is 2.16. The molecule has 0 aliphatic carbocycles. The monoisotopic (exact) mass is 370 g/mol. The Morgan fingerprint density at radius 2 is 1.31 bits per heavy atom. The van der Waals surface area contributed by atoms with Gasteiger partial charge in [-0.05, 0) is 13.5 Å². The van der Waals surface area contributed by atoms with Gasteiger partial charge in [-0.3, -0.25) is 9.59 Å². The Labute approximate surface area is 159 Å². The van der Waals surface area contributed by atoms with Crippen molar-refractivity contribution < 1.29 is 19.1 Å². The third kappa shape index (κ3) is 14.9. The lowest BCUT2D eigenvalue weighted by Gasteiger charge is -2.15. The molecule has 0 bridgehead atoms. The van der Waals surface area contributed by atoms with Gasteiger partial charge >= 0.3 is 11.9 Å². The number of amides is 1. The molecule has 0 spiro atoms. The molecule has 0 aliphatic heterocycles. The SMILES string of the molecule is CCCCCCCCCCCCCC(=O)N(C)CC(=O)OC(=O)CNC. The lowest BCUT2D eigenvalue weighted by molar-refractivity contribution is -0.161. The van der Waals surface area contributed by atoms with Crippen LogP contribution in [0.25, 0.3) is 0 Å². The zero-order valence-corrected chi connectivity index (χ0v) is 17.0. The van der Waals surface area contributed by atoms with Crippen LogP contribution in [0.4, 0.5) is 0 Å². The molecule has 0 aromatic carbocycles. The molecule has 0 aliphatic rings. The van der Waals surface area contributed by atoms with Gasteiger partial charge in [-0.2, -0.15) is 0 Å². The summed E-state index contributed by atoms with van der Waals surface area (Å²) in [6.45, 7) is 2.02. The summed E-state index contributed by atoms with van der Waals surface area (Å²) >= 11 is 0. The number of unbranched alkanes of at least 4 members (excludes halogenated alkanes) is 10. The van der Waals surface area contributed by atoms with Crippen LogP contribution in [-0.2, 0) is 19.1 Å². The average molecular weight is 371 g/mol. The molecule has 26 heavy (non-hydrogen) atoms. The first-order valence-corrected chi connectivity index (χ1v) is 10.1. The summed E-state index contributed by atoms with van der Waals surface area (Å²) in [7, 11) is 3.15. The van der Waals surface area contributed by atoms with Gasteiger partial charge in [0.2, 0.25) is 5.91 Å². The van der Waals surface area contributed by atoms with E-state index in [4.69, 9.17) is 0 Å². The van der Waals surface area contributed by atoms with Crippen molar-refractivity contribution in [2.24, 2.45) is 0 Å². The summed E-state index contributed by atoms with van der Waals surface area (Å²) in [6.07, 6.45) is 14.0. The van der Waals surface area contributed by atoms with Crippen LogP contribution in [0.3, 0.4) is 0 Å². The quantitative estimate of drug-likeness (QED) is 0.256. The third-order valence-corrected chi connectivity index (χ3v) is 4.34. The van der Waals surface area contributed by atoms with E-state index in [1.165, 1.54) is 56.3 Å². The number of nitrogens with one attached hydrogen (secondary N) is 1. The van der Waals surface area contributed by atoms with E-state index >= 15 is 0 Å². The molecule has 1 N–H and O–H groups in total. The molecule has 152 valence electrons. The molecule has 0 rings (SSSR count). The van der Waals surface area contributed by atoms with Gasteiger partial charge in [0.1, 0.15) is 6.54 Å². The van der Waals surface area contributed by atoms with Gasteiger partial charge in [0.05, 0.1) is 6.54 Å². The van der Waals surface area contributed by atoms with Crippen LogP contribution in [0, 0.1) is 0 Å². The van der Waals surface area contributed by atoms with E-state index in [9.17, 15) is 14.4 Å². The van der Waals surface area contributed by atoms with Crippen molar-refractivity contribution in [3.05, 3.63) is 0 Å².